The average Bonchev–Trinajstić information content (AvgIpc) is 3.04. The summed E-state index contributed by atoms with van der Waals surface area (Å²) < 4.78 is 40.6. The van der Waals surface area contributed by atoms with Gasteiger partial charge in [-0.2, -0.15) is 0 Å². The number of halogens is 1. The van der Waals surface area contributed by atoms with Gasteiger partial charge in [0.2, 0.25) is 5.91 Å². The minimum absolute atomic E-state index is 0.0711. The predicted molar refractivity (Wildman–Crippen MR) is 118 cm³/mol. The molecule has 0 bridgehead atoms. The van der Waals surface area contributed by atoms with Crippen LogP contribution in [0.2, 0.25) is 0 Å². The summed E-state index contributed by atoms with van der Waals surface area (Å²) in [5.74, 6) is -1.43. The zero-order valence-corrected chi connectivity index (χ0v) is 18.4. The monoisotopic (exact) mass is 460 g/mol. The fraction of sp³-hybridized carbons (Fsp3) is 0.318. The van der Waals surface area contributed by atoms with Crippen molar-refractivity contribution in [3.8, 4) is 0 Å². The van der Waals surface area contributed by atoms with Gasteiger partial charge >= 0.3 is 0 Å². The molecule has 0 spiro atoms. The van der Waals surface area contributed by atoms with E-state index in [0.29, 0.717) is 12.0 Å². The first-order valence-electron chi connectivity index (χ1n) is 10.3. The third-order valence-electron chi connectivity index (χ3n) is 4.91. The Balaban J connectivity index is 1.63. The van der Waals surface area contributed by atoms with Gasteiger partial charge in [0.15, 0.2) is 0 Å². The molecule has 0 radical (unpaired) electrons. The van der Waals surface area contributed by atoms with Crippen LogP contribution in [0.25, 0.3) is 0 Å². The third kappa shape index (κ3) is 5.50. The number of amidine groups is 1. The maximum Gasteiger partial charge on any atom is 0.263 e. The molecule has 10 heteroatoms. The van der Waals surface area contributed by atoms with E-state index in [4.69, 9.17) is 0 Å². The third-order valence-corrected chi connectivity index (χ3v) is 6.31. The summed E-state index contributed by atoms with van der Waals surface area (Å²) in [6.07, 6.45) is 2.01. The van der Waals surface area contributed by atoms with Crippen molar-refractivity contribution in [2.24, 2.45) is 4.99 Å². The first-order chi connectivity index (χ1) is 15.3. The van der Waals surface area contributed by atoms with Gasteiger partial charge in [0.1, 0.15) is 17.7 Å². The molecule has 1 aliphatic heterocycles. The van der Waals surface area contributed by atoms with Gasteiger partial charge in [-0.3, -0.25) is 19.3 Å². The maximum absolute atomic E-state index is 13.7. The normalized spacial score (nSPS) is 16.1. The lowest BCUT2D eigenvalue weighted by Crippen LogP contribution is -2.40. The van der Waals surface area contributed by atoms with Crippen LogP contribution in [0.5, 0.6) is 0 Å². The van der Waals surface area contributed by atoms with Crippen LogP contribution in [0.1, 0.15) is 42.1 Å². The number of hydrogen-bond donors (Lipinski definition) is 3. The van der Waals surface area contributed by atoms with Gasteiger partial charge in [-0.05, 0) is 30.7 Å². The van der Waals surface area contributed by atoms with Crippen molar-refractivity contribution in [1.82, 2.24) is 15.4 Å². The van der Waals surface area contributed by atoms with Gasteiger partial charge in [-0.25, -0.2) is 12.8 Å². The van der Waals surface area contributed by atoms with Gasteiger partial charge in [-0.15, -0.1) is 0 Å². The van der Waals surface area contributed by atoms with Gasteiger partial charge in [0.25, 0.3) is 15.9 Å². The van der Waals surface area contributed by atoms with Crippen LogP contribution in [-0.4, -0.2) is 45.2 Å². The van der Waals surface area contributed by atoms with E-state index in [0.717, 1.165) is 12.8 Å². The Labute approximate surface area is 186 Å². The van der Waals surface area contributed by atoms with E-state index in [-0.39, 0.29) is 35.3 Å². The summed E-state index contributed by atoms with van der Waals surface area (Å²) in [5.41, 5.74) is 0.359. The molecule has 0 saturated carbocycles. The van der Waals surface area contributed by atoms with Crippen molar-refractivity contribution in [2.45, 2.75) is 37.1 Å². The van der Waals surface area contributed by atoms with Crippen LogP contribution in [0, 0.1) is 5.82 Å². The van der Waals surface area contributed by atoms with Crippen molar-refractivity contribution in [3.63, 3.8) is 0 Å². The van der Waals surface area contributed by atoms with Crippen molar-refractivity contribution in [1.29, 1.82) is 0 Å². The summed E-state index contributed by atoms with van der Waals surface area (Å²) in [5, 5.41) is 5.25. The number of benzene rings is 2. The summed E-state index contributed by atoms with van der Waals surface area (Å²) in [6.45, 7) is 2.20. The highest BCUT2D eigenvalue weighted by molar-refractivity contribution is 7.90. The second-order valence-corrected chi connectivity index (χ2v) is 8.91. The molecule has 1 heterocycles. The number of sulfonamides is 1. The van der Waals surface area contributed by atoms with Gasteiger partial charge in [-0.1, -0.05) is 44.0 Å². The topological polar surface area (TPSA) is 117 Å². The first kappa shape index (κ1) is 23.4. The average molecular weight is 461 g/mol. The predicted octanol–water partition coefficient (Wildman–Crippen LogP) is 1.97. The molecule has 1 unspecified atom stereocenters. The Morgan fingerprint density at radius 1 is 1.06 bits per heavy atom. The largest absolute Gasteiger partial charge is 0.352 e. The number of carbonyl (C=O) groups excluding carboxylic acids is 2. The van der Waals surface area contributed by atoms with E-state index in [1.165, 1.54) is 24.3 Å². The summed E-state index contributed by atoms with van der Waals surface area (Å²) >= 11 is 0. The number of rotatable bonds is 9. The van der Waals surface area contributed by atoms with Gasteiger partial charge < -0.3 is 10.6 Å². The summed E-state index contributed by atoms with van der Waals surface area (Å²) in [7, 11) is -3.70. The summed E-state index contributed by atoms with van der Waals surface area (Å²) in [4.78, 5) is 29.3. The number of nitrogens with zero attached hydrogens (tertiary/aromatic N) is 1. The second kappa shape index (κ2) is 10.4. The molecule has 2 amide bonds. The molecule has 1 atom stereocenters. The lowest BCUT2D eigenvalue weighted by atomic mass is 10.1. The molecule has 8 nitrogen and oxygen atoms in total. The molecular formula is C22H25FN4O4S. The minimum Gasteiger partial charge on any atom is -0.352 e. The highest BCUT2D eigenvalue weighted by Crippen LogP contribution is 2.23. The zero-order valence-electron chi connectivity index (χ0n) is 17.6. The minimum atomic E-state index is -3.70. The van der Waals surface area contributed by atoms with Gasteiger partial charge in [0, 0.05) is 18.7 Å². The molecule has 0 saturated heterocycles. The molecular weight excluding hydrogens is 435 g/mol. The molecule has 2 aromatic carbocycles. The Morgan fingerprint density at radius 2 is 1.75 bits per heavy atom. The van der Waals surface area contributed by atoms with E-state index in [2.05, 4.69) is 20.3 Å². The molecule has 32 heavy (non-hydrogen) atoms. The molecule has 0 fully saturated rings. The molecule has 3 N–H and O–H groups in total. The van der Waals surface area contributed by atoms with Crippen molar-refractivity contribution >= 4 is 27.7 Å². The Hall–Kier alpha value is -3.27. The van der Waals surface area contributed by atoms with E-state index in [1.807, 2.05) is 6.92 Å². The number of fused-ring (bicyclic) bond motifs is 1. The van der Waals surface area contributed by atoms with E-state index >= 15 is 0 Å². The first-order valence-corrected chi connectivity index (χ1v) is 11.8. The lowest BCUT2D eigenvalue weighted by molar-refractivity contribution is -0.122. The Kier molecular flexibility index (Phi) is 7.57. The molecule has 3 rings (SSSR count). The standard InChI is InChI=1S/C22H25FN4O4S/c1-2-3-11-18(26-20-16-9-5-7-12-19(16)32(30,31)27-20)22(29)25-14-13-24-21(28)15-8-4-6-10-17(15)23/h4-10,12,18H,2-3,11,13-14H2,1H3,(H,24,28)(H,25,29)(H,26,27). The number of hydrogen-bond acceptors (Lipinski definition) is 5. The number of carbonyl (C=O) groups is 2. The van der Waals surface area contributed by atoms with Gasteiger partial charge in [0.05, 0.1) is 10.5 Å². The molecule has 170 valence electrons. The molecule has 0 aliphatic carbocycles. The zero-order chi connectivity index (χ0) is 23.1. The van der Waals surface area contributed by atoms with E-state index < -0.39 is 27.8 Å². The van der Waals surface area contributed by atoms with Crippen molar-refractivity contribution in [3.05, 3.63) is 65.5 Å². The smallest absolute Gasteiger partial charge is 0.263 e. The number of amides is 2. The van der Waals surface area contributed by atoms with Crippen LogP contribution < -0.4 is 15.4 Å². The fourth-order valence-corrected chi connectivity index (χ4v) is 4.50. The van der Waals surface area contributed by atoms with Crippen molar-refractivity contribution in [2.75, 3.05) is 13.1 Å². The van der Waals surface area contributed by atoms with Crippen LogP contribution >= 0.6 is 0 Å². The fourth-order valence-electron chi connectivity index (χ4n) is 3.26. The molecule has 0 aromatic heterocycles. The highest BCUT2D eigenvalue weighted by Gasteiger charge is 2.31. The number of aliphatic imine (C=N–C) groups is 1. The Morgan fingerprint density at radius 3 is 2.50 bits per heavy atom. The summed E-state index contributed by atoms with van der Waals surface area (Å²) in [6, 6.07) is 11.3. The quantitative estimate of drug-likeness (QED) is 0.496. The number of nitrogens with one attached hydrogen (secondary N) is 3. The van der Waals surface area contributed by atoms with Crippen LogP contribution in [0.3, 0.4) is 0 Å². The molecule has 1 aliphatic rings. The SMILES string of the molecule is CCCCC(N=C1NS(=O)(=O)c2ccccc21)C(=O)NCCNC(=O)c1ccccc1F. The van der Waals surface area contributed by atoms with Crippen LogP contribution in [0.4, 0.5) is 4.39 Å². The number of unbranched alkanes of at least 4 members (excludes halogenated alkanes) is 1. The van der Waals surface area contributed by atoms with E-state index in [9.17, 15) is 22.4 Å². The van der Waals surface area contributed by atoms with Crippen molar-refractivity contribution < 1.29 is 22.4 Å². The Bertz CT molecular complexity index is 1130. The highest BCUT2D eigenvalue weighted by atomic mass is 32.2. The van der Waals surface area contributed by atoms with E-state index in [1.54, 1.807) is 24.3 Å². The lowest BCUT2D eigenvalue weighted by Gasteiger charge is -2.14. The van der Waals surface area contributed by atoms with Crippen LogP contribution in [0.15, 0.2) is 58.4 Å². The molecule has 2 aromatic rings. The van der Waals surface area contributed by atoms with Crippen LogP contribution in [-0.2, 0) is 14.8 Å². The second-order valence-electron chi connectivity index (χ2n) is 7.26. The maximum atomic E-state index is 13.7.